The van der Waals surface area contributed by atoms with Crippen LogP contribution >= 0.6 is 0 Å². The number of nitrogens with one attached hydrogen (secondary N) is 1. The van der Waals surface area contributed by atoms with Gasteiger partial charge in [0.05, 0.1) is 17.1 Å². The molecule has 0 atom stereocenters. The van der Waals surface area contributed by atoms with Gasteiger partial charge in [0.15, 0.2) is 11.5 Å². The third kappa shape index (κ3) is 3.55. The molecule has 0 spiro atoms. The molecule has 1 amide bonds. The van der Waals surface area contributed by atoms with Crippen LogP contribution in [-0.4, -0.2) is 52.0 Å². The molecule has 2 aromatic rings. The largest absolute Gasteiger partial charge is 0.486 e. The predicted octanol–water partition coefficient (Wildman–Crippen LogP) is 1.82. The molecule has 2 heterocycles. The lowest BCUT2D eigenvalue weighted by Gasteiger charge is -2.41. The van der Waals surface area contributed by atoms with Crippen molar-refractivity contribution in [2.75, 3.05) is 19.8 Å². The highest BCUT2D eigenvalue weighted by atomic mass is 16.6. The van der Waals surface area contributed by atoms with E-state index in [4.69, 9.17) is 14.6 Å². The molecule has 0 unspecified atom stereocenters. The molecule has 0 radical (unpaired) electrons. The van der Waals surface area contributed by atoms with Gasteiger partial charge in [0.25, 0.3) is 5.91 Å². The van der Waals surface area contributed by atoms with Crippen molar-refractivity contribution in [1.29, 1.82) is 0 Å². The Morgan fingerprint density at radius 3 is 2.55 bits per heavy atom. The van der Waals surface area contributed by atoms with E-state index in [1.54, 1.807) is 6.07 Å². The van der Waals surface area contributed by atoms with Gasteiger partial charge >= 0.3 is 5.97 Å². The Bertz CT molecular complexity index is 974. The Morgan fingerprint density at radius 1 is 1.17 bits per heavy atom. The lowest BCUT2D eigenvalue weighted by Crippen LogP contribution is -2.54. The van der Waals surface area contributed by atoms with E-state index < -0.39 is 17.5 Å². The molecule has 2 aliphatic rings. The summed E-state index contributed by atoms with van der Waals surface area (Å²) in [5.74, 6) is -0.378. The average molecular weight is 400 g/mol. The zero-order chi connectivity index (χ0) is 20.8. The molecule has 1 saturated carbocycles. The van der Waals surface area contributed by atoms with Crippen LogP contribution in [0.2, 0.25) is 0 Å². The van der Waals surface area contributed by atoms with Gasteiger partial charge in [0.1, 0.15) is 13.2 Å². The summed E-state index contributed by atoms with van der Waals surface area (Å²) >= 11 is 0. The molecule has 4 rings (SSSR count). The number of hydrogen-bond donors (Lipinski definition) is 3. The SMILES string of the molecule is Cc1cc(C(=O)NCC2(O)CC(C(=O)O)C2)c(C)n1-c1ccc2c(c1)OCCO2. The monoisotopic (exact) mass is 400 g/mol. The minimum atomic E-state index is -1.15. The molecule has 8 nitrogen and oxygen atoms in total. The number of carboxylic acids is 1. The fraction of sp³-hybridized carbons (Fsp3) is 0.429. The number of aryl methyl sites for hydroxylation is 1. The van der Waals surface area contributed by atoms with Crippen LogP contribution in [0.5, 0.6) is 11.5 Å². The highest BCUT2D eigenvalue weighted by Gasteiger charge is 2.46. The Labute approximate surface area is 168 Å². The Hall–Kier alpha value is -3.00. The molecule has 0 bridgehead atoms. The number of rotatable bonds is 5. The summed E-state index contributed by atoms with van der Waals surface area (Å²) in [6.07, 6.45) is 0.303. The van der Waals surface area contributed by atoms with Crippen LogP contribution in [0.3, 0.4) is 0 Å². The first-order valence-corrected chi connectivity index (χ1v) is 9.60. The maximum Gasteiger partial charge on any atom is 0.306 e. The number of carbonyl (C=O) groups is 2. The van der Waals surface area contributed by atoms with Gasteiger partial charge in [-0.25, -0.2) is 0 Å². The van der Waals surface area contributed by atoms with E-state index in [1.165, 1.54) is 0 Å². The van der Waals surface area contributed by atoms with Gasteiger partial charge in [0.2, 0.25) is 0 Å². The number of aliphatic carboxylic acids is 1. The highest BCUT2D eigenvalue weighted by molar-refractivity contribution is 5.96. The third-order valence-corrected chi connectivity index (χ3v) is 5.64. The van der Waals surface area contributed by atoms with E-state index >= 15 is 0 Å². The third-order valence-electron chi connectivity index (χ3n) is 5.64. The van der Waals surface area contributed by atoms with Crippen molar-refractivity contribution in [3.8, 4) is 17.2 Å². The summed E-state index contributed by atoms with van der Waals surface area (Å²) in [5.41, 5.74) is 1.87. The summed E-state index contributed by atoms with van der Waals surface area (Å²) in [7, 11) is 0. The second-order valence-corrected chi connectivity index (χ2v) is 7.80. The molecular weight excluding hydrogens is 376 g/mol. The van der Waals surface area contributed by atoms with Crippen LogP contribution < -0.4 is 14.8 Å². The van der Waals surface area contributed by atoms with E-state index in [0.29, 0.717) is 30.3 Å². The Balaban J connectivity index is 1.50. The van der Waals surface area contributed by atoms with Crippen LogP contribution in [0.25, 0.3) is 5.69 Å². The number of carbonyl (C=O) groups excluding carboxylic acids is 1. The summed E-state index contributed by atoms with van der Waals surface area (Å²) in [6.45, 7) is 4.83. The van der Waals surface area contributed by atoms with Crippen molar-refractivity contribution in [3.05, 3.63) is 41.2 Å². The van der Waals surface area contributed by atoms with E-state index in [0.717, 1.165) is 17.1 Å². The van der Waals surface area contributed by atoms with Crippen LogP contribution in [0.15, 0.2) is 24.3 Å². The number of amides is 1. The normalized spacial score (nSPS) is 22.7. The molecule has 1 aromatic carbocycles. The molecule has 1 fully saturated rings. The van der Waals surface area contributed by atoms with Crippen molar-refractivity contribution in [2.45, 2.75) is 32.3 Å². The van der Waals surface area contributed by atoms with Crippen molar-refractivity contribution < 1.29 is 29.3 Å². The van der Waals surface area contributed by atoms with Crippen LogP contribution in [0, 0.1) is 19.8 Å². The van der Waals surface area contributed by atoms with E-state index in [-0.39, 0.29) is 25.3 Å². The Kier molecular flexibility index (Phi) is 4.74. The summed E-state index contributed by atoms with van der Waals surface area (Å²) in [5, 5.41) is 22.0. The number of nitrogens with zero attached hydrogens (tertiary/aromatic N) is 1. The van der Waals surface area contributed by atoms with Crippen molar-refractivity contribution >= 4 is 11.9 Å². The number of ether oxygens (including phenoxy) is 2. The van der Waals surface area contributed by atoms with Gasteiger partial charge in [-0.2, -0.15) is 0 Å². The molecular formula is C21H24N2O6. The predicted molar refractivity (Wildman–Crippen MR) is 104 cm³/mol. The van der Waals surface area contributed by atoms with Crippen molar-refractivity contribution in [1.82, 2.24) is 9.88 Å². The number of fused-ring (bicyclic) bond motifs is 1. The van der Waals surface area contributed by atoms with Gasteiger partial charge in [-0.3, -0.25) is 9.59 Å². The molecule has 29 heavy (non-hydrogen) atoms. The van der Waals surface area contributed by atoms with Crippen LogP contribution in [0.1, 0.15) is 34.6 Å². The van der Waals surface area contributed by atoms with Crippen LogP contribution in [-0.2, 0) is 4.79 Å². The minimum Gasteiger partial charge on any atom is -0.486 e. The maximum atomic E-state index is 12.7. The number of aliphatic hydroxyl groups is 1. The maximum absolute atomic E-state index is 12.7. The molecule has 154 valence electrons. The topological polar surface area (TPSA) is 110 Å². The minimum absolute atomic E-state index is 0.0311. The molecule has 1 aliphatic heterocycles. The fourth-order valence-corrected chi connectivity index (χ4v) is 4.08. The number of carboxylic acid groups (broad SMARTS) is 1. The van der Waals surface area contributed by atoms with Gasteiger partial charge in [0, 0.05) is 29.7 Å². The molecule has 8 heteroatoms. The smallest absolute Gasteiger partial charge is 0.306 e. The summed E-state index contributed by atoms with van der Waals surface area (Å²) < 4.78 is 13.2. The molecule has 1 aliphatic carbocycles. The van der Waals surface area contributed by atoms with Gasteiger partial charge in [-0.05, 0) is 44.9 Å². The van der Waals surface area contributed by atoms with E-state index in [9.17, 15) is 14.7 Å². The van der Waals surface area contributed by atoms with E-state index in [1.807, 2.05) is 36.6 Å². The quantitative estimate of drug-likeness (QED) is 0.706. The fourth-order valence-electron chi connectivity index (χ4n) is 4.08. The first-order chi connectivity index (χ1) is 13.8. The van der Waals surface area contributed by atoms with Crippen molar-refractivity contribution in [2.24, 2.45) is 5.92 Å². The van der Waals surface area contributed by atoms with Gasteiger partial charge in [-0.15, -0.1) is 0 Å². The summed E-state index contributed by atoms with van der Waals surface area (Å²) in [4.78, 5) is 23.6. The number of benzene rings is 1. The second kappa shape index (κ2) is 7.11. The van der Waals surface area contributed by atoms with E-state index in [2.05, 4.69) is 5.32 Å². The lowest BCUT2D eigenvalue weighted by molar-refractivity contribution is -0.157. The number of hydrogen-bond acceptors (Lipinski definition) is 5. The standard InChI is InChI=1S/C21H24N2O6/c1-12-7-16(19(24)22-11-21(27)9-14(10-21)20(25)26)13(2)23(12)15-3-4-17-18(8-15)29-6-5-28-17/h3-4,7-8,14,27H,5-6,9-11H2,1-2H3,(H,22,24)(H,25,26). The van der Waals surface area contributed by atoms with Gasteiger partial charge in [-0.1, -0.05) is 0 Å². The lowest BCUT2D eigenvalue weighted by atomic mass is 9.71. The first-order valence-electron chi connectivity index (χ1n) is 9.60. The van der Waals surface area contributed by atoms with Crippen LogP contribution in [0.4, 0.5) is 0 Å². The summed E-state index contributed by atoms with van der Waals surface area (Å²) in [6, 6.07) is 7.46. The number of aromatic nitrogens is 1. The second-order valence-electron chi connectivity index (χ2n) is 7.80. The molecule has 1 aromatic heterocycles. The first kappa shape index (κ1) is 19.3. The van der Waals surface area contributed by atoms with Crippen molar-refractivity contribution in [3.63, 3.8) is 0 Å². The Morgan fingerprint density at radius 2 is 1.86 bits per heavy atom. The zero-order valence-electron chi connectivity index (χ0n) is 16.4. The molecule has 0 saturated heterocycles. The average Bonchev–Trinajstić information content (AvgIpc) is 2.97. The van der Waals surface area contributed by atoms with Gasteiger partial charge < -0.3 is 29.6 Å². The zero-order valence-corrected chi connectivity index (χ0v) is 16.4. The highest BCUT2D eigenvalue weighted by Crippen LogP contribution is 2.37. The molecule has 3 N–H and O–H groups in total.